The molecular weight excluding hydrogens is 288 g/mol. The Balaban J connectivity index is 3.27. The number of carbonyl (C=O) groups excluding carboxylic acids is 1. The molecule has 0 fully saturated rings. The molecule has 0 bridgehead atoms. The lowest BCUT2D eigenvalue weighted by molar-refractivity contribution is 0.0525. The number of halogens is 1. The van der Waals surface area contributed by atoms with Crippen LogP contribution in [-0.2, 0) is 10.1 Å². The summed E-state index contributed by atoms with van der Waals surface area (Å²) < 4.78 is 15.4. The van der Waals surface area contributed by atoms with E-state index in [-0.39, 0.29) is 5.97 Å². The minimum absolute atomic E-state index is 0.342. The summed E-state index contributed by atoms with van der Waals surface area (Å²) in [5, 5.41) is 0.488. The number of alkyl halides is 1. The van der Waals surface area contributed by atoms with Gasteiger partial charge in [-0.1, -0.05) is 15.9 Å². The fraction of sp³-hybridized carbons (Fsp3) is 0.417. The van der Waals surface area contributed by atoms with Gasteiger partial charge in [-0.3, -0.25) is 0 Å². The first-order valence-electron chi connectivity index (χ1n) is 5.16. The molecule has 0 heterocycles. The van der Waals surface area contributed by atoms with Crippen LogP contribution in [0.15, 0.2) is 12.1 Å². The third-order valence-corrected chi connectivity index (χ3v) is 2.84. The van der Waals surface area contributed by atoms with Crippen molar-refractivity contribution in [3.63, 3.8) is 0 Å². The number of hydrogen-bond acceptors (Lipinski definition) is 4. The van der Waals surface area contributed by atoms with Gasteiger partial charge < -0.3 is 14.2 Å². The van der Waals surface area contributed by atoms with Gasteiger partial charge in [0.25, 0.3) is 0 Å². The molecule has 0 radical (unpaired) electrons. The van der Waals surface area contributed by atoms with E-state index in [0.717, 1.165) is 5.56 Å². The lowest BCUT2D eigenvalue weighted by Crippen LogP contribution is -2.09. The molecule has 0 aliphatic carbocycles. The van der Waals surface area contributed by atoms with Crippen molar-refractivity contribution in [2.24, 2.45) is 0 Å². The molecule has 0 aromatic heterocycles. The molecule has 0 aliphatic rings. The van der Waals surface area contributed by atoms with Gasteiger partial charge >= 0.3 is 5.97 Å². The highest BCUT2D eigenvalue weighted by atomic mass is 79.9. The van der Waals surface area contributed by atoms with Crippen LogP contribution in [0.2, 0.25) is 0 Å². The zero-order chi connectivity index (χ0) is 12.8. The molecule has 0 amide bonds. The number of ether oxygens (including phenoxy) is 3. The van der Waals surface area contributed by atoms with E-state index in [2.05, 4.69) is 15.9 Å². The van der Waals surface area contributed by atoms with E-state index in [1.807, 2.05) is 0 Å². The molecule has 1 aromatic rings. The second kappa shape index (κ2) is 6.49. The van der Waals surface area contributed by atoms with Crippen LogP contribution < -0.4 is 9.47 Å². The smallest absolute Gasteiger partial charge is 0.338 e. The van der Waals surface area contributed by atoms with Crippen molar-refractivity contribution < 1.29 is 19.0 Å². The summed E-state index contributed by atoms with van der Waals surface area (Å²) in [7, 11) is 3.10. The van der Waals surface area contributed by atoms with E-state index >= 15 is 0 Å². The Morgan fingerprint density at radius 1 is 1.29 bits per heavy atom. The number of esters is 1. The lowest BCUT2D eigenvalue weighted by Gasteiger charge is -2.14. The van der Waals surface area contributed by atoms with Gasteiger partial charge in [0, 0.05) is 10.9 Å². The molecule has 0 N–H and O–H groups in total. The summed E-state index contributed by atoms with van der Waals surface area (Å²) in [6, 6.07) is 3.37. The van der Waals surface area contributed by atoms with Crippen LogP contribution in [0.5, 0.6) is 11.5 Å². The number of carbonyl (C=O) groups is 1. The molecule has 0 aliphatic heterocycles. The molecule has 17 heavy (non-hydrogen) atoms. The topological polar surface area (TPSA) is 44.8 Å². The third kappa shape index (κ3) is 2.91. The standard InChI is InChI=1S/C12H15BrO4/c1-4-17-12(14)8-5-6-10(15-2)11(16-3)9(8)7-13/h5-6H,4,7H2,1-3H3. The third-order valence-electron chi connectivity index (χ3n) is 2.28. The van der Waals surface area contributed by atoms with Crippen LogP contribution in [0.25, 0.3) is 0 Å². The molecular formula is C12H15BrO4. The minimum Gasteiger partial charge on any atom is -0.493 e. The van der Waals surface area contributed by atoms with Crippen molar-refractivity contribution in [2.45, 2.75) is 12.3 Å². The van der Waals surface area contributed by atoms with Crippen molar-refractivity contribution in [2.75, 3.05) is 20.8 Å². The van der Waals surface area contributed by atoms with Gasteiger partial charge in [0.2, 0.25) is 0 Å². The summed E-state index contributed by atoms with van der Waals surface area (Å²) in [6.07, 6.45) is 0. The maximum absolute atomic E-state index is 11.8. The second-order valence-corrected chi connectivity index (χ2v) is 3.74. The first-order chi connectivity index (χ1) is 8.19. The van der Waals surface area contributed by atoms with E-state index in [1.165, 1.54) is 0 Å². The number of methoxy groups -OCH3 is 2. The van der Waals surface area contributed by atoms with E-state index in [9.17, 15) is 4.79 Å². The van der Waals surface area contributed by atoms with E-state index in [4.69, 9.17) is 14.2 Å². The first kappa shape index (κ1) is 13.8. The van der Waals surface area contributed by atoms with Gasteiger partial charge in [0.15, 0.2) is 11.5 Å². The summed E-state index contributed by atoms with van der Waals surface area (Å²) in [4.78, 5) is 11.8. The lowest BCUT2D eigenvalue weighted by atomic mass is 10.1. The monoisotopic (exact) mass is 302 g/mol. The van der Waals surface area contributed by atoms with Gasteiger partial charge in [0.1, 0.15) is 0 Å². The average molecular weight is 303 g/mol. The molecule has 0 saturated carbocycles. The van der Waals surface area contributed by atoms with E-state index in [1.54, 1.807) is 33.3 Å². The predicted molar refractivity (Wildman–Crippen MR) is 68.1 cm³/mol. The Labute approximate surface area is 109 Å². The highest BCUT2D eigenvalue weighted by molar-refractivity contribution is 9.08. The molecule has 0 spiro atoms. The SMILES string of the molecule is CCOC(=O)c1ccc(OC)c(OC)c1CBr. The average Bonchev–Trinajstić information content (AvgIpc) is 2.36. The van der Waals surface area contributed by atoms with E-state index < -0.39 is 0 Å². The molecule has 0 saturated heterocycles. The number of rotatable bonds is 5. The van der Waals surface area contributed by atoms with Crippen molar-refractivity contribution in [3.8, 4) is 11.5 Å². The maximum atomic E-state index is 11.8. The van der Waals surface area contributed by atoms with Crippen LogP contribution in [0.4, 0.5) is 0 Å². The fourth-order valence-electron chi connectivity index (χ4n) is 1.52. The van der Waals surface area contributed by atoms with Gasteiger partial charge in [-0.2, -0.15) is 0 Å². The number of benzene rings is 1. The fourth-order valence-corrected chi connectivity index (χ4v) is 2.08. The first-order valence-corrected chi connectivity index (χ1v) is 6.28. The number of hydrogen-bond donors (Lipinski definition) is 0. The minimum atomic E-state index is -0.358. The maximum Gasteiger partial charge on any atom is 0.338 e. The normalized spacial score (nSPS) is 9.88. The molecule has 1 aromatic carbocycles. The zero-order valence-electron chi connectivity index (χ0n) is 10.1. The van der Waals surface area contributed by atoms with Gasteiger partial charge in [-0.05, 0) is 19.1 Å². The summed E-state index contributed by atoms with van der Waals surface area (Å²) in [6.45, 7) is 2.11. The Bertz CT molecular complexity index is 404. The quantitative estimate of drug-likeness (QED) is 0.620. The summed E-state index contributed by atoms with van der Waals surface area (Å²) in [5.41, 5.74) is 1.21. The van der Waals surface area contributed by atoms with Crippen LogP contribution in [0, 0.1) is 0 Å². The van der Waals surface area contributed by atoms with Crippen molar-refractivity contribution >= 4 is 21.9 Å². The molecule has 5 heteroatoms. The van der Waals surface area contributed by atoms with Crippen LogP contribution in [0.3, 0.4) is 0 Å². The molecule has 94 valence electrons. The highest BCUT2D eigenvalue weighted by Crippen LogP contribution is 2.35. The van der Waals surface area contributed by atoms with Crippen LogP contribution in [0.1, 0.15) is 22.8 Å². The van der Waals surface area contributed by atoms with Crippen molar-refractivity contribution in [1.82, 2.24) is 0 Å². The van der Waals surface area contributed by atoms with Crippen molar-refractivity contribution in [3.05, 3.63) is 23.3 Å². The van der Waals surface area contributed by atoms with Gasteiger partial charge in [-0.15, -0.1) is 0 Å². The molecule has 0 unspecified atom stereocenters. The molecule has 0 atom stereocenters. The Morgan fingerprint density at radius 3 is 2.47 bits per heavy atom. The van der Waals surface area contributed by atoms with Crippen LogP contribution in [-0.4, -0.2) is 26.8 Å². The van der Waals surface area contributed by atoms with Crippen molar-refractivity contribution in [1.29, 1.82) is 0 Å². The highest BCUT2D eigenvalue weighted by Gasteiger charge is 2.19. The second-order valence-electron chi connectivity index (χ2n) is 3.18. The molecule has 1 rings (SSSR count). The van der Waals surface area contributed by atoms with Gasteiger partial charge in [-0.25, -0.2) is 4.79 Å². The van der Waals surface area contributed by atoms with Gasteiger partial charge in [0.05, 0.1) is 26.4 Å². The predicted octanol–water partition coefficient (Wildman–Crippen LogP) is 2.78. The Morgan fingerprint density at radius 2 is 2.00 bits per heavy atom. The summed E-state index contributed by atoms with van der Waals surface area (Å²) in [5.74, 6) is 0.785. The zero-order valence-corrected chi connectivity index (χ0v) is 11.7. The Hall–Kier alpha value is -1.23. The molecule has 4 nitrogen and oxygen atoms in total. The van der Waals surface area contributed by atoms with E-state index in [0.29, 0.717) is 29.0 Å². The summed E-state index contributed by atoms with van der Waals surface area (Å²) >= 11 is 3.34. The van der Waals surface area contributed by atoms with Crippen LogP contribution >= 0.6 is 15.9 Å². The Kier molecular flexibility index (Phi) is 5.28. The largest absolute Gasteiger partial charge is 0.493 e.